The predicted octanol–water partition coefficient (Wildman–Crippen LogP) is 0.0689. The summed E-state index contributed by atoms with van der Waals surface area (Å²) in [6.45, 7) is 9.43. The molecule has 0 radical (unpaired) electrons. The van der Waals surface area contributed by atoms with Crippen LogP contribution in [0, 0.1) is 0 Å². The van der Waals surface area contributed by atoms with Crippen LogP contribution >= 0.6 is 0 Å². The van der Waals surface area contributed by atoms with E-state index in [1.54, 1.807) is 0 Å². The third-order valence-electron chi connectivity index (χ3n) is 2.13. The molecule has 0 spiro atoms. The molecule has 0 aromatic rings. The van der Waals surface area contributed by atoms with Crippen molar-refractivity contribution in [2.45, 2.75) is 26.4 Å². The Morgan fingerprint density at radius 1 is 1.12 bits per heavy atom. The van der Waals surface area contributed by atoms with Gasteiger partial charge in [0.25, 0.3) is 0 Å². The van der Waals surface area contributed by atoms with Crippen molar-refractivity contribution >= 4 is 5.97 Å². The number of esters is 1. The summed E-state index contributed by atoms with van der Waals surface area (Å²) in [4.78, 5) is 13.8. The number of carbonyl (C=O) groups is 1. The summed E-state index contributed by atoms with van der Waals surface area (Å²) in [7, 11) is 3.81. The third kappa shape index (κ3) is 10.2. The van der Waals surface area contributed by atoms with Crippen molar-refractivity contribution < 1.29 is 9.53 Å². The third-order valence-corrected chi connectivity index (χ3v) is 2.13. The Morgan fingerprint density at radius 2 is 1.59 bits per heavy atom. The highest BCUT2D eigenvalue weighted by Crippen LogP contribution is 2.07. The van der Waals surface area contributed by atoms with Crippen molar-refractivity contribution in [3.8, 4) is 0 Å². The van der Waals surface area contributed by atoms with Gasteiger partial charge in [-0.15, -0.1) is 0 Å². The number of rotatable bonds is 8. The maximum atomic E-state index is 11.7. The first-order valence-electron chi connectivity index (χ1n) is 6.12. The molecule has 0 aliphatic heterocycles. The van der Waals surface area contributed by atoms with Crippen LogP contribution in [0.25, 0.3) is 0 Å². The first-order chi connectivity index (χ1) is 7.89. The normalized spacial score (nSPS) is 11.9. The molecule has 2 N–H and O–H groups in total. The highest BCUT2D eigenvalue weighted by molar-refractivity contribution is 5.72. The van der Waals surface area contributed by atoms with E-state index < -0.39 is 5.60 Å². The zero-order chi connectivity index (χ0) is 13.3. The Labute approximate surface area is 105 Å². The molecule has 0 saturated heterocycles. The van der Waals surface area contributed by atoms with E-state index in [2.05, 4.69) is 15.5 Å². The average molecular weight is 245 g/mol. The van der Waals surface area contributed by atoms with Gasteiger partial charge in [-0.3, -0.25) is 9.69 Å². The topological polar surface area (TPSA) is 53.6 Å². The lowest BCUT2D eigenvalue weighted by atomic mass is 10.2. The minimum Gasteiger partial charge on any atom is -0.459 e. The van der Waals surface area contributed by atoms with Gasteiger partial charge in [-0.2, -0.15) is 0 Å². The smallest absolute Gasteiger partial charge is 0.320 e. The Bertz CT molecular complexity index is 206. The molecule has 5 nitrogen and oxygen atoms in total. The van der Waals surface area contributed by atoms with E-state index in [1.165, 1.54) is 0 Å². The minimum atomic E-state index is -0.408. The number of nitrogens with one attached hydrogen (secondary N) is 2. The average Bonchev–Trinajstić information content (AvgIpc) is 2.19. The van der Waals surface area contributed by atoms with Gasteiger partial charge in [0.1, 0.15) is 5.60 Å². The summed E-state index contributed by atoms with van der Waals surface area (Å²) in [5, 5.41) is 6.16. The molecule has 0 atom stereocenters. The summed E-state index contributed by atoms with van der Waals surface area (Å²) in [5.74, 6) is -0.162. The number of hydrogen-bond acceptors (Lipinski definition) is 5. The van der Waals surface area contributed by atoms with Crippen LogP contribution in [0.4, 0.5) is 0 Å². The molecule has 0 aliphatic rings. The maximum Gasteiger partial charge on any atom is 0.320 e. The summed E-state index contributed by atoms with van der Waals surface area (Å²) >= 11 is 0. The Balaban J connectivity index is 4.07. The van der Waals surface area contributed by atoms with Crippen LogP contribution in [0.3, 0.4) is 0 Å². The molecule has 5 heteroatoms. The van der Waals surface area contributed by atoms with Crippen molar-refractivity contribution in [3.05, 3.63) is 0 Å². The van der Waals surface area contributed by atoms with Gasteiger partial charge in [0.2, 0.25) is 0 Å². The molecule has 0 rings (SSSR count). The highest BCUT2D eigenvalue weighted by atomic mass is 16.6. The van der Waals surface area contributed by atoms with E-state index in [4.69, 9.17) is 4.74 Å². The zero-order valence-corrected chi connectivity index (χ0v) is 11.8. The Hall–Kier alpha value is -0.650. The monoisotopic (exact) mass is 245 g/mol. The summed E-state index contributed by atoms with van der Waals surface area (Å²) < 4.78 is 5.31. The van der Waals surface area contributed by atoms with Crippen LogP contribution in [-0.4, -0.2) is 63.3 Å². The van der Waals surface area contributed by atoms with Gasteiger partial charge in [-0.1, -0.05) is 0 Å². The molecular formula is C12H27N3O2. The molecule has 0 aromatic carbocycles. The van der Waals surface area contributed by atoms with Crippen LogP contribution in [0.1, 0.15) is 20.8 Å². The standard InChI is InChI=1S/C12H27N3O2/c1-12(2,3)17-11(16)10-15(8-6-13-4)9-7-14-5/h13-14H,6-10H2,1-5H3. The summed E-state index contributed by atoms with van der Waals surface area (Å²) in [6.07, 6.45) is 0. The molecule has 0 unspecified atom stereocenters. The fourth-order valence-electron chi connectivity index (χ4n) is 1.37. The number of hydrogen-bond donors (Lipinski definition) is 2. The SMILES string of the molecule is CNCCN(CCNC)CC(=O)OC(C)(C)C. The molecule has 0 bridgehead atoms. The minimum absolute atomic E-state index is 0.162. The van der Waals surface area contributed by atoms with Crippen molar-refractivity contribution in [2.75, 3.05) is 46.8 Å². The number of ether oxygens (including phenoxy) is 1. The van der Waals surface area contributed by atoms with E-state index in [0.29, 0.717) is 6.54 Å². The van der Waals surface area contributed by atoms with Gasteiger partial charge in [0, 0.05) is 26.2 Å². The van der Waals surface area contributed by atoms with Crippen LogP contribution in [0.5, 0.6) is 0 Å². The van der Waals surface area contributed by atoms with Crippen LogP contribution < -0.4 is 10.6 Å². The van der Waals surface area contributed by atoms with Crippen molar-refractivity contribution in [3.63, 3.8) is 0 Å². The molecule has 102 valence electrons. The first kappa shape index (κ1) is 16.4. The van der Waals surface area contributed by atoms with Crippen molar-refractivity contribution in [1.29, 1.82) is 0 Å². The second-order valence-corrected chi connectivity index (χ2v) is 5.07. The van der Waals surface area contributed by atoms with Gasteiger partial charge in [0.15, 0.2) is 0 Å². The molecule has 0 amide bonds. The van der Waals surface area contributed by atoms with E-state index in [0.717, 1.165) is 26.2 Å². The van der Waals surface area contributed by atoms with Crippen LogP contribution in [0.15, 0.2) is 0 Å². The first-order valence-corrected chi connectivity index (χ1v) is 6.12. The van der Waals surface area contributed by atoms with Crippen LogP contribution in [-0.2, 0) is 9.53 Å². The second kappa shape index (κ2) is 8.44. The molecule has 0 heterocycles. The molecule has 0 aliphatic carbocycles. The Morgan fingerprint density at radius 3 is 1.94 bits per heavy atom. The lowest BCUT2D eigenvalue weighted by molar-refractivity contribution is -0.156. The fourth-order valence-corrected chi connectivity index (χ4v) is 1.37. The van der Waals surface area contributed by atoms with Crippen molar-refractivity contribution in [1.82, 2.24) is 15.5 Å². The van der Waals surface area contributed by atoms with E-state index in [-0.39, 0.29) is 5.97 Å². The lowest BCUT2D eigenvalue weighted by Crippen LogP contribution is -2.40. The van der Waals surface area contributed by atoms with E-state index in [1.807, 2.05) is 34.9 Å². The lowest BCUT2D eigenvalue weighted by Gasteiger charge is -2.24. The van der Waals surface area contributed by atoms with Gasteiger partial charge >= 0.3 is 5.97 Å². The molecular weight excluding hydrogens is 218 g/mol. The molecule has 0 fully saturated rings. The number of carbonyl (C=O) groups excluding carboxylic acids is 1. The fraction of sp³-hybridized carbons (Fsp3) is 0.917. The molecule has 17 heavy (non-hydrogen) atoms. The maximum absolute atomic E-state index is 11.7. The van der Waals surface area contributed by atoms with E-state index in [9.17, 15) is 4.79 Å². The van der Waals surface area contributed by atoms with Crippen LogP contribution in [0.2, 0.25) is 0 Å². The number of likely N-dealkylation sites (N-methyl/N-ethyl adjacent to an activating group) is 2. The quantitative estimate of drug-likeness (QED) is 0.593. The second-order valence-electron chi connectivity index (χ2n) is 5.07. The van der Waals surface area contributed by atoms with Gasteiger partial charge in [-0.05, 0) is 34.9 Å². The van der Waals surface area contributed by atoms with Crippen molar-refractivity contribution in [2.24, 2.45) is 0 Å². The molecule has 0 saturated carbocycles. The highest BCUT2D eigenvalue weighted by Gasteiger charge is 2.18. The van der Waals surface area contributed by atoms with Gasteiger partial charge in [0.05, 0.1) is 6.54 Å². The summed E-state index contributed by atoms with van der Waals surface area (Å²) in [6, 6.07) is 0. The Kier molecular flexibility index (Phi) is 8.12. The predicted molar refractivity (Wildman–Crippen MR) is 70.1 cm³/mol. The largest absolute Gasteiger partial charge is 0.459 e. The van der Waals surface area contributed by atoms with Gasteiger partial charge in [-0.25, -0.2) is 0 Å². The summed E-state index contributed by atoms with van der Waals surface area (Å²) in [5.41, 5.74) is -0.408. The van der Waals surface area contributed by atoms with E-state index >= 15 is 0 Å². The number of nitrogens with zero attached hydrogens (tertiary/aromatic N) is 1. The zero-order valence-electron chi connectivity index (χ0n) is 11.8. The molecule has 0 aromatic heterocycles. The van der Waals surface area contributed by atoms with Gasteiger partial charge < -0.3 is 15.4 Å².